The van der Waals surface area contributed by atoms with Crippen LogP contribution < -0.4 is 4.90 Å². The van der Waals surface area contributed by atoms with Crippen LogP contribution in [0.1, 0.15) is 76.7 Å². The molecule has 0 radical (unpaired) electrons. The molecule has 2 saturated heterocycles. The van der Waals surface area contributed by atoms with Gasteiger partial charge in [0, 0.05) is 31.5 Å². The first-order valence-electron chi connectivity index (χ1n) is 11.0. The van der Waals surface area contributed by atoms with Crippen LogP contribution in [0.5, 0.6) is 0 Å². The Hall–Kier alpha value is -1.16. The fraction of sp³-hybridized carbons (Fsp3) is 0.818. The van der Waals surface area contributed by atoms with Gasteiger partial charge in [0.2, 0.25) is 5.95 Å². The SMILES string of the molecule is CC1CCC(N2CCC(c3cnc(N4CCC(C)CC4)nc3)CC2)CC1. The lowest BCUT2D eigenvalue weighted by Crippen LogP contribution is -2.42. The van der Waals surface area contributed by atoms with Crippen LogP contribution >= 0.6 is 0 Å². The summed E-state index contributed by atoms with van der Waals surface area (Å²) in [6.45, 7) is 9.50. The molecule has 3 fully saturated rings. The molecule has 2 aliphatic heterocycles. The molecule has 26 heavy (non-hydrogen) atoms. The van der Waals surface area contributed by atoms with Crippen LogP contribution in [-0.2, 0) is 0 Å². The summed E-state index contributed by atoms with van der Waals surface area (Å²) in [5, 5.41) is 0. The van der Waals surface area contributed by atoms with Crippen molar-refractivity contribution in [2.24, 2.45) is 11.8 Å². The van der Waals surface area contributed by atoms with Gasteiger partial charge in [0.05, 0.1) is 0 Å². The van der Waals surface area contributed by atoms with Crippen molar-refractivity contribution in [3.8, 4) is 0 Å². The summed E-state index contributed by atoms with van der Waals surface area (Å²) in [6, 6.07) is 0.854. The Morgan fingerprint density at radius 2 is 1.31 bits per heavy atom. The van der Waals surface area contributed by atoms with E-state index in [0.29, 0.717) is 5.92 Å². The lowest BCUT2D eigenvalue weighted by Gasteiger charge is -2.40. The number of rotatable bonds is 3. The van der Waals surface area contributed by atoms with Crippen molar-refractivity contribution in [3.63, 3.8) is 0 Å². The Morgan fingerprint density at radius 3 is 1.92 bits per heavy atom. The average Bonchev–Trinajstić information content (AvgIpc) is 2.70. The van der Waals surface area contributed by atoms with Crippen LogP contribution in [0.2, 0.25) is 0 Å². The predicted octanol–water partition coefficient (Wildman–Crippen LogP) is 4.47. The second-order valence-corrected chi connectivity index (χ2v) is 9.21. The first-order chi connectivity index (χ1) is 12.7. The van der Waals surface area contributed by atoms with Gasteiger partial charge in [-0.15, -0.1) is 0 Å². The number of aromatic nitrogens is 2. The van der Waals surface area contributed by atoms with Gasteiger partial charge in [0.15, 0.2) is 0 Å². The topological polar surface area (TPSA) is 32.3 Å². The monoisotopic (exact) mass is 356 g/mol. The Balaban J connectivity index is 1.29. The quantitative estimate of drug-likeness (QED) is 0.800. The minimum absolute atomic E-state index is 0.657. The number of hydrogen-bond acceptors (Lipinski definition) is 4. The highest BCUT2D eigenvalue weighted by molar-refractivity contribution is 5.31. The molecule has 1 aromatic rings. The first kappa shape index (κ1) is 18.2. The molecule has 4 heteroatoms. The zero-order chi connectivity index (χ0) is 17.9. The fourth-order valence-corrected chi connectivity index (χ4v) is 5.12. The molecule has 0 bridgehead atoms. The van der Waals surface area contributed by atoms with Crippen LogP contribution in [0.4, 0.5) is 5.95 Å². The Bertz CT molecular complexity index is 548. The van der Waals surface area contributed by atoms with E-state index < -0.39 is 0 Å². The van der Waals surface area contributed by atoms with E-state index in [1.807, 2.05) is 0 Å². The maximum absolute atomic E-state index is 4.72. The third kappa shape index (κ3) is 4.21. The van der Waals surface area contributed by atoms with Crippen LogP contribution in [0.15, 0.2) is 12.4 Å². The summed E-state index contributed by atoms with van der Waals surface area (Å²) in [5.74, 6) is 3.39. The van der Waals surface area contributed by atoms with Crippen molar-refractivity contribution in [2.45, 2.75) is 77.2 Å². The zero-order valence-corrected chi connectivity index (χ0v) is 16.7. The molecule has 4 rings (SSSR count). The highest BCUT2D eigenvalue weighted by atomic mass is 15.2. The molecule has 3 aliphatic rings. The van der Waals surface area contributed by atoms with E-state index in [1.165, 1.54) is 70.0 Å². The number of likely N-dealkylation sites (tertiary alicyclic amines) is 1. The van der Waals surface area contributed by atoms with Gasteiger partial charge in [-0.2, -0.15) is 0 Å². The second-order valence-electron chi connectivity index (χ2n) is 9.21. The predicted molar refractivity (Wildman–Crippen MR) is 108 cm³/mol. The zero-order valence-electron chi connectivity index (χ0n) is 16.7. The maximum atomic E-state index is 4.72. The molecule has 0 spiro atoms. The molecule has 0 unspecified atom stereocenters. The third-order valence-corrected chi connectivity index (χ3v) is 7.23. The van der Waals surface area contributed by atoms with E-state index in [4.69, 9.17) is 9.97 Å². The maximum Gasteiger partial charge on any atom is 0.225 e. The molecule has 1 aliphatic carbocycles. The van der Waals surface area contributed by atoms with Gasteiger partial charge >= 0.3 is 0 Å². The molecule has 0 N–H and O–H groups in total. The van der Waals surface area contributed by atoms with E-state index >= 15 is 0 Å². The van der Waals surface area contributed by atoms with Gasteiger partial charge in [0.1, 0.15) is 0 Å². The molecule has 0 atom stereocenters. The van der Waals surface area contributed by atoms with Gasteiger partial charge in [-0.3, -0.25) is 0 Å². The number of hydrogen-bond donors (Lipinski definition) is 0. The summed E-state index contributed by atoms with van der Waals surface area (Å²) in [5.41, 5.74) is 1.36. The van der Waals surface area contributed by atoms with Gasteiger partial charge in [-0.05, 0) is 87.8 Å². The van der Waals surface area contributed by atoms with Crippen molar-refractivity contribution in [2.75, 3.05) is 31.1 Å². The normalized spacial score (nSPS) is 29.8. The molecule has 1 saturated carbocycles. The smallest absolute Gasteiger partial charge is 0.225 e. The van der Waals surface area contributed by atoms with Crippen molar-refractivity contribution in [3.05, 3.63) is 18.0 Å². The van der Waals surface area contributed by atoms with E-state index in [9.17, 15) is 0 Å². The van der Waals surface area contributed by atoms with Gasteiger partial charge in [-0.1, -0.05) is 13.8 Å². The van der Waals surface area contributed by atoms with Crippen LogP contribution in [0.3, 0.4) is 0 Å². The molecule has 144 valence electrons. The molecular weight excluding hydrogens is 320 g/mol. The summed E-state index contributed by atoms with van der Waals surface area (Å²) in [6.07, 6.45) is 15.0. The van der Waals surface area contributed by atoms with E-state index in [0.717, 1.165) is 36.9 Å². The lowest BCUT2D eigenvalue weighted by molar-refractivity contribution is 0.110. The second kappa shape index (κ2) is 8.24. The summed E-state index contributed by atoms with van der Waals surface area (Å²) < 4.78 is 0. The third-order valence-electron chi connectivity index (χ3n) is 7.23. The largest absolute Gasteiger partial charge is 0.341 e. The van der Waals surface area contributed by atoms with E-state index in [1.54, 1.807) is 0 Å². The summed E-state index contributed by atoms with van der Waals surface area (Å²) in [4.78, 5) is 14.6. The average molecular weight is 357 g/mol. The van der Waals surface area contributed by atoms with Gasteiger partial charge in [-0.25, -0.2) is 9.97 Å². The van der Waals surface area contributed by atoms with Crippen LogP contribution in [-0.4, -0.2) is 47.1 Å². The molecule has 0 amide bonds. The molecular formula is C22H36N4. The molecule has 0 aromatic carbocycles. The lowest BCUT2D eigenvalue weighted by atomic mass is 9.84. The Morgan fingerprint density at radius 1 is 0.731 bits per heavy atom. The van der Waals surface area contributed by atoms with Crippen LogP contribution in [0.25, 0.3) is 0 Å². The minimum Gasteiger partial charge on any atom is -0.341 e. The Labute approximate surface area is 159 Å². The van der Waals surface area contributed by atoms with Gasteiger partial charge < -0.3 is 9.80 Å². The highest BCUT2D eigenvalue weighted by Crippen LogP contribution is 2.33. The number of nitrogens with zero attached hydrogens (tertiary/aromatic N) is 4. The molecule has 3 heterocycles. The van der Waals surface area contributed by atoms with E-state index in [2.05, 4.69) is 36.0 Å². The number of piperidine rings is 2. The van der Waals surface area contributed by atoms with Crippen molar-refractivity contribution in [1.82, 2.24) is 14.9 Å². The summed E-state index contributed by atoms with van der Waals surface area (Å²) >= 11 is 0. The molecule has 1 aromatic heterocycles. The number of anilines is 1. The highest BCUT2D eigenvalue weighted by Gasteiger charge is 2.28. The Kier molecular flexibility index (Phi) is 5.78. The van der Waals surface area contributed by atoms with Crippen molar-refractivity contribution < 1.29 is 0 Å². The first-order valence-corrected chi connectivity index (χ1v) is 11.0. The molecule has 4 nitrogen and oxygen atoms in total. The van der Waals surface area contributed by atoms with Crippen LogP contribution in [0, 0.1) is 11.8 Å². The fourth-order valence-electron chi connectivity index (χ4n) is 5.12. The standard InChI is InChI=1S/C22H36N4/c1-17-3-5-21(6-4-17)25-13-9-19(10-14-25)20-15-23-22(24-16-20)26-11-7-18(2)8-12-26/h15-19,21H,3-14H2,1-2H3. The minimum atomic E-state index is 0.657. The van der Waals surface area contributed by atoms with E-state index in [-0.39, 0.29) is 0 Å². The van der Waals surface area contributed by atoms with Crippen molar-refractivity contribution in [1.29, 1.82) is 0 Å². The van der Waals surface area contributed by atoms with Crippen molar-refractivity contribution >= 4 is 5.95 Å². The summed E-state index contributed by atoms with van der Waals surface area (Å²) in [7, 11) is 0. The van der Waals surface area contributed by atoms with Gasteiger partial charge in [0.25, 0.3) is 0 Å².